The summed E-state index contributed by atoms with van der Waals surface area (Å²) in [5.74, 6) is 0.966. The van der Waals surface area contributed by atoms with Gasteiger partial charge in [0.25, 0.3) is 0 Å². The summed E-state index contributed by atoms with van der Waals surface area (Å²) < 4.78 is 12.6. The van der Waals surface area contributed by atoms with Gasteiger partial charge < -0.3 is 35.4 Å². The normalized spacial score (nSPS) is 31.6. The minimum absolute atomic E-state index is 0.144. The minimum atomic E-state index is -1.23. The van der Waals surface area contributed by atoms with Gasteiger partial charge in [-0.15, -0.1) is 0 Å². The van der Waals surface area contributed by atoms with Gasteiger partial charge in [0.1, 0.15) is 24.6 Å². The average Bonchev–Trinajstić information content (AvgIpc) is 3.35. The third kappa shape index (κ3) is 2.77. The van der Waals surface area contributed by atoms with Crippen molar-refractivity contribution in [3.63, 3.8) is 0 Å². The summed E-state index contributed by atoms with van der Waals surface area (Å²) in [4.78, 5) is 13.1. The van der Waals surface area contributed by atoms with Crippen molar-refractivity contribution < 1.29 is 24.8 Å². The molecule has 3 unspecified atom stereocenters. The molecule has 0 aromatic carbocycles. The van der Waals surface area contributed by atoms with E-state index in [1.807, 2.05) is 0 Å². The smallest absolute Gasteiger partial charge is 0.207 e. The first-order valence-corrected chi connectivity index (χ1v) is 8.51. The van der Waals surface area contributed by atoms with Gasteiger partial charge in [0, 0.05) is 13.7 Å². The Kier molecular flexibility index (Phi) is 4.63. The molecule has 26 heavy (non-hydrogen) atoms. The van der Waals surface area contributed by atoms with E-state index < -0.39 is 31.1 Å². The van der Waals surface area contributed by atoms with Crippen LogP contribution in [0.5, 0.6) is 0 Å². The molecule has 2 saturated heterocycles. The number of hydrogen-bond donors (Lipinski definition) is 5. The Bertz CT molecular complexity index is 779. The number of ether oxygens (including phenoxy) is 2. The van der Waals surface area contributed by atoms with E-state index in [1.165, 1.54) is 6.33 Å². The lowest BCUT2D eigenvalue weighted by Crippen LogP contribution is -2.33. The van der Waals surface area contributed by atoms with Gasteiger partial charge in [0.15, 0.2) is 23.2 Å². The molecule has 4 heterocycles. The van der Waals surface area contributed by atoms with Gasteiger partial charge in [-0.3, -0.25) is 4.57 Å². The highest BCUT2D eigenvalue weighted by Crippen LogP contribution is 2.35. The maximum Gasteiger partial charge on any atom is 0.207 e. The van der Waals surface area contributed by atoms with Gasteiger partial charge in [-0.05, 0) is 6.42 Å². The number of hydrogen-bond acceptors (Lipinski definition) is 10. The maximum absolute atomic E-state index is 10.4. The molecule has 2 aliphatic heterocycles. The summed E-state index contributed by atoms with van der Waals surface area (Å²) in [6.07, 6.45) is -1.98. The van der Waals surface area contributed by atoms with Crippen molar-refractivity contribution >= 4 is 22.9 Å². The van der Waals surface area contributed by atoms with Crippen LogP contribution in [0.3, 0.4) is 0 Å². The molecule has 11 nitrogen and oxygen atoms in total. The van der Waals surface area contributed by atoms with E-state index in [0.717, 1.165) is 6.42 Å². The molecule has 4 rings (SSSR count). The third-order valence-corrected chi connectivity index (χ3v) is 4.74. The standard InChI is InChI=1S/C15H22N6O5/c1-16-15-20-9-12(19-7-2-3-25-5-7)17-6-18-13(9)21(15)14-11(24)10(23)8(4-22)26-14/h6-8,10-11,14,22-24H,2-5H2,1H3,(H,16,20)(H,17,18,19)/t7?,8?,10-,11-,14?/m1/s1. The van der Waals surface area contributed by atoms with Crippen molar-refractivity contribution in [3.8, 4) is 0 Å². The van der Waals surface area contributed by atoms with Crippen LogP contribution in [0.2, 0.25) is 0 Å². The molecule has 0 amide bonds. The fourth-order valence-corrected chi connectivity index (χ4v) is 3.37. The SMILES string of the molecule is CNc1nc2c(NC3CCOC3)ncnc2n1C1OC(CO)[C@@H](O)[C@H]1O. The lowest BCUT2D eigenvalue weighted by atomic mass is 10.1. The molecule has 5 N–H and O–H groups in total. The Morgan fingerprint density at radius 2 is 2.15 bits per heavy atom. The number of aromatic nitrogens is 4. The quantitative estimate of drug-likeness (QED) is 0.432. The van der Waals surface area contributed by atoms with Crippen LogP contribution < -0.4 is 10.6 Å². The van der Waals surface area contributed by atoms with Gasteiger partial charge in [0.2, 0.25) is 5.95 Å². The van der Waals surface area contributed by atoms with E-state index in [0.29, 0.717) is 36.1 Å². The zero-order valence-electron chi connectivity index (χ0n) is 14.2. The number of aliphatic hydroxyl groups is 3. The second-order valence-corrected chi connectivity index (χ2v) is 6.38. The molecule has 142 valence electrons. The van der Waals surface area contributed by atoms with Gasteiger partial charge in [0.05, 0.1) is 19.3 Å². The fraction of sp³-hybridized carbons (Fsp3) is 0.667. The molecule has 2 fully saturated rings. The van der Waals surface area contributed by atoms with E-state index in [-0.39, 0.29) is 6.04 Å². The van der Waals surface area contributed by atoms with Crippen LogP contribution in [0.1, 0.15) is 12.6 Å². The first-order chi connectivity index (χ1) is 12.6. The minimum Gasteiger partial charge on any atom is -0.394 e. The molecule has 0 radical (unpaired) electrons. The molecule has 0 bridgehead atoms. The Morgan fingerprint density at radius 1 is 1.31 bits per heavy atom. The van der Waals surface area contributed by atoms with Crippen LogP contribution in [0.25, 0.3) is 11.2 Å². The number of rotatable bonds is 5. The Labute approximate surface area is 149 Å². The second-order valence-electron chi connectivity index (χ2n) is 6.38. The van der Waals surface area contributed by atoms with E-state index in [1.54, 1.807) is 11.6 Å². The fourth-order valence-electron chi connectivity index (χ4n) is 3.37. The number of aliphatic hydroxyl groups excluding tert-OH is 3. The van der Waals surface area contributed by atoms with Crippen molar-refractivity contribution in [2.75, 3.05) is 37.5 Å². The van der Waals surface area contributed by atoms with Crippen LogP contribution in [-0.2, 0) is 9.47 Å². The third-order valence-electron chi connectivity index (χ3n) is 4.74. The summed E-state index contributed by atoms with van der Waals surface area (Å²) >= 11 is 0. The zero-order chi connectivity index (χ0) is 18.3. The molecule has 0 aliphatic carbocycles. The van der Waals surface area contributed by atoms with Crippen molar-refractivity contribution in [2.24, 2.45) is 0 Å². The number of nitrogens with zero attached hydrogens (tertiary/aromatic N) is 4. The predicted molar refractivity (Wildman–Crippen MR) is 90.7 cm³/mol. The largest absolute Gasteiger partial charge is 0.394 e. The summed E-state index contributed by atoms with van der Waals surface area (Å²) in [7, 11) is 1.68. The van der Waals surface area contributed by atoms with Gasteiger partial charge in [-0.2, -0.15) is 0 Å². The molecular formula is C15H22N6O5. The lowest BCUT2D eigenvalue weighted by molar-refractivity contribution is -0.0501. The van der Waals surface area contributed by atoms with Crippen molar-refractivity contribution in [2.45, 2.75) is 37.0 Å². The van der Waals surface area contributed by atoms with Crippen molar-refractivity contribution in [1.29, 1.82) is 0 Å². The van der Waals surface area contributed by atoms with E-state index in [2.05, 4.69) is 25.6 Å². The highest BCUT2D eigenvalue weighted by molar-refractivity contribution is 5.85. The van der Waals surface area contributed by atoms with E-state index >= 15 is 0 Å². The highest BCUT2D eigenvalue weighted by Gasteiger charge is 2.45. The number of fused-ring (bicyclic) bond motifs is 1. The molecule has 0 saturated carbocycles. The molecule has 5 atom stereocenters. The van der Waals surface area contributed by atoms with Crippen molar-refractivity contribution in [3.05, 3.63) is 6.33 Å². The van der Waals surface area contributed by atoms with Gasteiger partial charge >= 0.3 is 0 Å². The zero-order valence-corrected chi connectivity index (χ0v) is 14.2. The van der Waals surface area contributed by atoms with Crippen LogP contribution >= 0.6 is 0 Å². The Balaban J connectivity index is 1.75. The predicted octanol–water partition coefficient (Wildman–Crippen LogP) is -1.32. The summed E-state index contributed by atoms with van der Waals surface area (Å²) in [6, 6.07) is 0.144. The van der Waals surface area contributed by atoms with Crippen LogP contribution in [0.15, 0.2) is 6.33 Å². The maximum atomic E-state index is 10.4. The highest BCUT2D eigenvalue weighted by atomic mass is 16.6. The average molecular weight is 366 g/mol. The Hall–Kier alpha value is -2.05. The van der Waals surface area contributed by atoms with E-state index in [9.17, 15) is 15.3 Å². The number of imidazole rings is 1. The summed E-state index contributed by atoms with van der Waals surface area (Å²) in [6.45, 7) is 0.893. The number of nitrogens with one attached hydrogen (secondary N) is 2. The van der Waals surface area contributed by atoms with Crippen LogP contribution in [0, 0.1) is 0 Å². The Morgan fingerprint density at radius 3 is 2.81 bits per heavy atom. The summed E-state index contributed by atoms with van der Waals surface area (Å²) in [5, 5.41) is 36.0. The van der Waals surface area contributed by atoms with Crippen LogP contribution in [0.4, 0.5) is 11.8 Å². The van der Waals surface area contributed by atoms with Gasteiger partial charge in [-0.25, -0.2) is 15.0 Å². The topological polar surface area (TPSA) is 147 Å². The molecule has 2 aliphatic rings. The van der Waals surface area contributed by atoms with Crippen molar-refractivity contribution in [1.82, 2.24) is 19.5 Å². The number of anilines is 2. The van der Waals surface area contributed by atoms with Crippen LogP contribution in [-0.4, -0.2) is 86.1 Å². The first-order valence-electron chi connectivity index (χ1n) is 8.51. The first kappa shape index (κ1) is 17.4. The molecule has 0 spiro atoms. The molecule has 11 heteroatoms. The van der Waals surface area contributed by atoms with Gasteiger partial charge in [-0.1, -0.05) is 0 Å². The monoisotopic (exact) mass is 366 g/mol. The second kappa shape index (κ2) is 6.93. The molecular weight excluding hydrogens is 344 g/mol. The molecule has 2 aromatic heterocycles. The molecule has 2 aromatic rings. The summed E-state index contributed by atoms with van der Waals surface area (Å²) in [5.41, 5.74) is 0.960. The van der Waals surface area contributed by atoms with E-state index in [4.69, 9.17) is 9.47 Å². The lowest BCUT2D eigenvalue weighted by Gasteiger charge is -2.19.